The first-order chi connectivity index (χ1) is 16.3. The van der Waals surface area contributed by atoms with Gasteiger partial charge in [0.25, 0.3) is 0 Å². The molecular formula is C31H54O3. The number of hydrogen-bond acceptors (Lipinski definition) is 3. The second kappa shape index (κ2) is 17.9. The molecule has 0 aliphatic rings. The van der Waals surface area contributed by atoms with E-state index < -0.39 is 0 Å². The van der Waals surface area contributed by atoms with E-state index >= 15 is 0 Å². The molecule has 3 nitrogen and oxygen atoms in total. The van der Waals surface area contributed by atoms with Crippen LogP contribution in [0.1, 0.15) is 154 Å². The third-order valence-corrected chi connectivity index (χ3v) is 6.90. The summed E-state index contributed by atoms with van der Waals surface area (Å²) >= 11 is 0. The van der Waals surface area contributed by atoms with Gasteiger partial charge in [-0.15, -0.1) is 0 Å². The quantitative estimate of drug-likeness (QED) is 0.160. The molecule has 1 unspecified atom stereocenters. The van der Waals surface area contributed by atoms with Crippen LogP contribution in [0.2, 0.25) is 0 Å². The molecule has 0 amide bonds. The Morgan fingerprint density at radius 1 is 0.765 bits per heavy atom. The van der Waals surface area contributed by atoms with Crippen molar-refractivity contribution >= 4 is 5.97 Å². The summed E-state index contributed by atoms with van der Waals surface area (Å²) in [5, 5.41) is 10.1. The lowest BCUT2D eigenvalue weighted by atomic mass is 9.84. The number of esters is 1. The summed E-state index contributed by atoms with van der Waals surface area (Å²) in [6, 6.07) is 5.47. The number of carbonyl (C=O) groups is 1. The zero-order chi connectivity index (χ0) is 25.2. The van der Waals surface area contributed by atoms with E-state index in [0.717, 1.165) is 24.0 Å². The van der Waals surface area contributed by atoms with E-state index in [1.54, 1.807) is 12.1 Å². The van der Waals surface area contributed by atoms with Gasteiger partial charge in [0.2, 0.25) is 0 Å². The fraction of sp³-hybridized carbons (Fsp3) is 0.774. The molecule has 0 bridgehead atoms. The van der Waals surface area contributed by atoms with Crippen molar-refractivity contribution in [2.45, 2.75) is 149 Å². The van der Waals surface area contributed by atoms with Crippen molar-refractivity contribution in [3.05, 3.63) is 29.3 Å². The van der Waals surface area contributed by atoms with Gasteiger partial charge in [-0.05, 0) is 42.0 Å². The van der Waals surface area contributed by atoms with Crippen LogP contribution in [0, 0.1) is 0 Å². The number of hydrogen-bond donors (Lipinski definition) is 1. The van der Waals surface area contributed by atoms with Crippen LogP contribution >= 0.6 is 0 Å². The number of phenolic OH excluding ortho intramolecular Hbond substituents is 1. The minimum atomic E-state index is -0.366. The van der Waals surface area contributed by atoms with Crippen molar-refractivity contribution in [3.63, 3.8) is 0 Å². The van der Waals surface area contributed by atoms with Gasteiger partial charge in [0.1, 0.15) is 5.75 Å². The molecule has 3 heteroatoms. The summed E-state index contributed by atoms with van der Waals surface area (Å²) < 4.78 is 5.52. The van der Waals surface area contributed by atoms with Crippen LogP contribution in [0.5, 0.6) is 5.75 Å². The van der Waals surface area contributed by atoms with Crippen LogP contribution < -0.4 is 0 Å². The summed E-state index contributed by atoms with van der Waals surface area (Å²) in [5.41, 5.74) is 1.77. The zero-order valence-corrected chi connectivity index (χ0v) is 23.1. The lowest BCUT2D eigenvalue weighted by molar-refractivity contribution is -0.145. The average Bonchev–Trinajstić information content (AvgIpc) is 2.79. The average molecular weight is 475 g/mol. The fourth-order valence-corrected chi connectivity index (χ4v) is 4.40. The maximum atomic E-state index is 12.5. The molecule has 0 fully saturated rings. The first-order valence-corrected chi connectivity index (χ1v) is 14.3. The normalized spacial score (nSPS) is 12.6. The Labute approximate surface area is 211 Å². The number of phenols is 1. The summed E-state index contributed by atoms with van der Waals surface area (Å²) in [4.78, 5) is 12.5. The molecular weight excluding hydrogens is 420 g/mol. The smallest absolute Gasteiger partial charge is 0.313 e. The standard InChI is InChI=1S/C31H54O3/c1-6-7-8-9-10-11-12-13-14-15-16-17-18-19-20-21-22-34-30(33)26(2)27-23-28(31(3,4)5)25-29(32)24-27/h23-26,32H,6-22H2,1-5H3. The van der Waals surface area contributed by atoms with Crippen molar-refractivity contribution in [1.29, 1.82) is 0 Å². The van der Waals surface area contributed by atoms with E-state index in [-0.39, 0.29) is 23.1 Å². The molecule has 0 saturated heterocycles. The first-order valence-electron chi connectivity index (χ1n) is 14.3. The highest BCUT2D eigenvalue weighted by Crippen LogP contribution is 2.30. The fourth-order valence-electron chi connectivity index (χ4n) is 4.40. The molecule has 1 atom stereocenters. The Bertz CT molecular complexity index is 659. The van der Waals surface area contributed by atoms with Crippen LogP contribution in [0.3, 0.4) is 0 Å². The summed E-state index contributed by atoms with van der Waals surface area (Å²) in [5.74, 6) is -0.361. The minimum Gasteiger partial charge on any atom is -0.508 e. The van der Waals surface area contributed by atoms with Gasteiger partial charge in [-0.1, -0.05) is 130 Å². The van der Waals surface area contributed by atoms with Crippen LogP contribution in [0.15, 0.2) is 18.2 Å². The second-order valence-electron chi connectivity index (χ2n) is 11.3. The van der Waals surface area contributed by atoms with Gasteiger partial charge in [0.15, 0.2) is 0 Å². The molecule has 1 rings (SSSR count). The van der Waals surface area contributed by atoms with Crippen molar-refractivity contribution < 1.29 is 14.6 Å². The lowest BCUT2D eigenvalue weighted by Crippen LogP contribution is -2.16. The van der Waals surface area contributed by atoms with Crippen molar-refractivity contribution in [3.8, 4) is 5.75 Å². The van der Waals surface area contributed by atoms with E-state index in [2.05, 4.69) is 27.7 Å². The maximum absolute atomic E-state index is 12.5. The van der Waals surface area contributed by atoms with Crippen LogP contribution in [-0.4, -0.2) is 17.7 Å². The number of rotatable bonds is 19. The van der Waals surface area contributed by atoms with Gasteiger partial charge >= 0.3 is 5.97 Å². The molecule has 1 aromatic carbocycles. The van der Waals surface area contributed by atoms with E-state index in [9.17, 15) is 9.90 Å². The SMILES string of the molecule is CCCCCCCCCCCCCCCCCCOC(=O)C(C)c1cc(O)cc(C(C)(C)C)c1. The molecule has 0 aliphatic heterocycles. The van der Waals surface area contributed by atoms with Gasteiger partial charge in [-0.3, -0.25) is 4.79 Å². The van der Waals surface area contributed by atoms with Crippen LogP contribution in [0.25, 0.3) is 0 Å². The largest absolute Gasteiger partial charge is 0.508 e. The number of carbonyl (C=O) groups excluding carboxylic acids is 1. The predicted octanol–water partition coefficient (Wildman–Crippen LogP) is 9.60. The molecule has 0 aliphatic carbocycles. The lowest BCUT2D eigenvalue weighted by Gasteiger charge is -2.21. The highest BCUT2D eigenvalue weighted by atomic mass is 16.5. The monoisotopic (exact) mass is 474 g/mol. The van der Waals surface area contributed by atoms with Crippen molar-refractivity contribution in [2.75, 3.05) is 6.61 Å². The van der Waals surface area contributed by atoms with E-state index in [0.29, 0.717) is 6.61 Å². The summed E-state index contributed by atoms with van der Waals surface area (Å²) in [7, 11) is 0. The zero-order valence-electron chi connectivity index (χ0n) is 23.1. The molecule has 0 spiro atoms. The van der Waals surface area contributed by atoms with Crippen LogP contribution in [0.4, 0.5) is 0 Å². The van der Waals surface area contributed by atoms with E-state index in [1.807, 2.05) is 13.0 Å². The third kappa shape index (κ3) is 14.0. The minimum absolute atomic E-state index is 0.0787. The van der Waals surface area contributed by atoms with E-state index in [4.69, 9.17) is 4.74 Å². The highest BCUT2D eigenvalue weighted by molar-refractivity contribution is 5.78. The summed E-state index contributed by atoms with van der Waals surface area (Å²) in [6.07, 6.45) is 21.4. The molecule has 0 saturated carbocycles. The first kappa shape index (κ1) is 30.5. The second-order valence-corrected chi connectivity index (χ2v) is 11.3. The Kier molecular flexibility index (Phi) is 16.0. The van der Waals surface area contributed by atoms with Gasteiger partial charge < -0.3 is 9.84 Å². The highest BCUT2D eigenvalue weighted by Gasteiger charge is 2.21. The van der Waals surface area contributed by atoms with Crippen molar-refractivity contribution in [2.24, 2.45) is 0 Å². The Morgan fingerprint density at radius 3 is 1.65 bits per heavy atom. The Morgan fingerprint density at radius 2 is 1.21 bits per heavy atom. The molecule has 196 valence electrons. The number of aromatic hydroxyl groups is 1. The maximum Gasteiger partial charge on any atom is 0.313 e. The molecule has 0 radical (unpaired) electrons. The molecule has 1 N–H and O–H groups in total. The van der Waals surface area contributed by atoms with Gasteiger partial charge in [0.05, 0.1) is 12.5 Å². The number of unbranched alkanes of at least 4 members (excludes halogenated alkanes) is 15. The molecule has 1 aromatic rings. The van der Waals surface area contributed by atoms with Gasteiger partial charge in [0, 0.05) is 0 Å². The summed E-state index contributed by atoms with van der Waals surface area (Å²) in [6.45, 7) is 10.9. The molecule has 0 heterocycles. The van der Waals surface area contributed by atoms with Gasteiger partial charge in [-0.25, -0.2) is 0 Å². The third-order valence-electron chi connectivity index (χ3n) is 6.90. The molecule has 0 aromatic heterocycles. The Balaban J connectivity index is 2.02. The van der Waals surface area contributed by atoms with Crippen molar-refractivity contribution in [1.82, 2.24) is 0 Å². The Hall–Kier alpha value is -1.51. The number of ether oxygens (including phenoxy) is 1. The molecule has 34 heavy (non-hydrogen) atoms. The number of benzene rings is 1. The predicted molar refractivity (Wildman–Crippen MR) is 146 cm³/mol. The topological polar surface area (TPSA) is 46.5 Å². The van der Waals surface area contributed by atoms with Crippen LogP contribution in [-0.2, 0) is 14.9 Å². The van der Waals surface area contributed by atoms with Gasteiger partial charge in [-0.2, -0.15) is 0 Å². The van der Waals surface area contributed by atoms with E-state index in [1.165, 1.54) is 89.9 Å².